The number of para-hydroxylation sites is 2. The lowest BCUT2D eigenvalue weighted by Gasteiger charge is -2.26. The van der Waals surface area contributed by atoms with E-state index >= 15 is 0 Å². The Balaban J connectivity index is 1.64. The van der Waals surface area contributed by atoms with E-state index in [1.54, 1.807) is 0 Å². The van der Waals surface area contributed by atoms with Gasteiger partial charge in [0, 0.05) is 25.7 Å². The minimum absolute atomic E-state index is 0.0837. The topological polar surface area (TPSA) is 64.6 Å². The Morgan fingerprint density at radius 1 is 1.17 bits per heavy atom. The van der Waals surface area contributed by atoms with Crippen molar-refractivity contribution in [2.75, 3.05) is 29.9 Å². The molecule has 1 saturated carbocycles. The van der Waals surface area contributed by atoms with E-state index in [2.05, 4.69) is 21.6 Å². The van der Waals surface area contributed by atoms with Crippen LogP contribution in [0.2, 0.25) is 0 Å². The largest absolute Gasteiger partial charge is 0.396 e. The fraction of sp³-hybridized carbons (Fsp3) is 0.632. The number of aliphatic hydroxyl groups is 1. The van der Waals surface area contributed by atoms with Crippen molar-refractivity contribution in [3.63, 3.8) is 0 Å². The maximum absolute atomic E-state index is 12.4. The molecule has 1 unspecified atom stereocenters. The molecule has 5 nitrogen and oxygen atoms in total. The van der Waals surface area contributed by atoms with Crippen molar-refractivity contribution < 1.29 is 9.90 Å². The average Bonchev–Trinajstić information content (AvgIpc) is 3.42. The van der Waals surface area contributed by atoms with Gasteiger partial charge in [-0.25, -0.2) is 4.79 Å². The molecule has 2 aliphatic rings. The number of hydrogen-bond donors (Lipinski definition) is 3. The number of nitrogens with zero attached hydrogens (tertiary/aromatic N) is 1. The summed E-state index contributed by atoms with van der Waals surface area (Å²) >= 11 is 0. The summed E-state index contributed by atoms with van der Waals surface area (Å²) in [6, 6.07) is 7.97. The second-order valence-corrected chi connectivity index (χ2v) is 6.97. The van der Waals surface area contributed by atoms with Gasteiger partial charge in [-0.05, 0) is 50.2 Å². The van der Waals surface area contributed by atoms with Crippen LogP contribution < -0.4 is 15.5 Å². The first-order valence-corrected chi connectivity index (χ1v) is 9.30. The Morgan fingerprint density at radius 3 is 2.54 bits per heavy atom. The number of aliphatic hydroxyl groups excluding tert-OH is 1. The monoisotopic (exact) mass is 331 g/mol. The molecule has 2 amide bonds. The predicted molar refractivity (Wildman–Crippen MR) is 97.5 cm³/mol. The number of hydrogen-bond acceptors (Lipinski definition) is 3. The molecule has 1 aromatic carbocycles. The van der Waals surface area contributed by atoms with Crippen LogP contribution in [0.1, 0.15) is 44.9 Å². The summed E-state index contributed by atoms with van der Waals surface area (Å²) in [7, 11) is 0. The van der Waals surface area contributed by atoms with Crippen LogP contribution in [0.25, 0.3) is 0 Å². The molecule has 0 bridgehead atoms. The van der Waals surface area contributed by atoms with E-state index in [1.165, 1.54) is 25.7 Å². The normalized spacial score (nSPS) is 19.5. The van der Waals surface area contributed by atoms with Crippen LogP contribution in [0.15, 0.2) is 24.3 Å². The van der Waals surface area contributed by atoms with E-state index in [9.17, 15) is 9.90 Å². The van der Waals surface area contributed by atoms with Gasteiger partial charge < -0.3 is 20.6 Å². The summed E-state index contributed by atoms with van der Waals surface area (Å²) in [5, 5.41) is 15.2. The SMILES string of the molecule is O=C(Nc1ccccc1N1CCCCCC1)NC(CCO)C1CC1. The Morgan fingerprint density at radius 2 is 1.88 bits per heavy atom. The summed E-state index contributed by atoms with van der Waals surface area (Å²) in [5.74, 6) is 0.531. The predicted octanol–water partition coefficient (Wildman–Crippen LogP) is 3.35. The van der Waals surface area contributed by atoms with Crippen molar-refractivity contribution in [2.24, 2.45) is 5.92 Å². The highest BCUT2D eigenvalue weighted by atomic mass is 16.3. The number of amides is 2. The molecule has 0 spiro atoms. The van der Waals surface area contributed by atoms with Gasteiger partial charge in [0.05, 0.1) is 11.4 Å². The zero-order valence-corrected chi connectivity index (χ0v) is 14.3. The molecule has 3 N–H and O–H groups in total. The minimum atomic E-state index is -0.164. The van der Waals surface area contributed by atoms with Crippen LogP contribution in [-0.2, 0) is 0 Å². The van der Waals surface area contributed by atoms with Gasteiger partial charge in [-0.3, -0.25) is 0 Å². The minimum Gasteiger partial charge on any atom is -0.396 e. The van der Waals surface area contributed by atoms with Crippen LogP contribution >= 0.6 is 0 Å². The van der Waals surface area contributed by atoms with E-state index in [4.69, 9.17) is 0 Å². The zero-order valence-electron chi connectivity index (χ0n) is 14.3. The summed E-state index contributed by atoms with van der Waals surface area (Å²) in [4.78, 5) is 14.8. The average molecular weight is 331 g/mol. The van der Waals surface area contributed by atoms with Gasteiger partial charge in [-0.15, -0.1) is 0 Å². The van der Waals surface area contributed by atoms with Crippen molar-refractivity contribution in [3.05, 3.63) is 24.3 Å². The first-order valence-electron chi connectivity index (χ1n) is 9.30. The Bertz CT molecular complexity index is 537. The van der Waals surface area contributed by atoms with Crippen molar-refractivity contribution in [2.45, 2.75) is 51.0 Å². The third kappa shape index (κ3) is 4.63. The van der Waals surface area contributed by atoms with Gasteiger partial charge in [0.2, 0.25) is 0 Å². The molecular weight excluding hydrogens is 302 g/mol. The van der Waals surface area contributed by atoms with Crippen molar-refractivity contribution >= 4 is 17.4 Å². The lowest BCUT2D eigenvalue weighted by atomic mass is 10.1. The van der Waals surface area contributed by atoms with E-state index < -0.39 is 0 Å². The zero-order chi connectivity index (χ0) is 16.8. The quantitative estimate of drug-likeness (QED) is 0.749. The van der Waals surface area contributed by atoms with Crippen LogP contribution in [0.4, 0.5) is 16.2 Å². The fourth-order valence-corrected chi connectivity index (χ4v) is 3.56. The van der Waals surface area contributed by atoms with Gasteiger partial charge in [0.15, 0.2) is 0 Å². The Hall–Kier alpha value is -1.75. The molecule has 132 valence electrons. The van der Waals surface area contributed by atoms with Gasteiger partial charge in [0.1, 0.15) is 0 Å². The summed E-state index contributed by atoms with van der Waals surface area (Å²) < 4.78 is 0. The van der Waals surface area contributed by atoms with Gasteiger partial charge >= 0.3 is 6.03 Å². The first-order chi connectivity index (χ1) is 11.8. The van der Waals surface area contributed by atoms with Crippen LogP contribution in [0, 0.1) is 5.92 Å². The molecule has 1 aromatic rings. The highest BCUT2D eigenvalue weighted by Crippen LogP contribution is 2.34. The Kier molecular flexibility index (Phi) is 5.96. The van der Waals surface area contributed by atoms with Crippen LogP contribution in [-0.4, -0.2) is 36.9 Å². The third-order valence-corrected chi connectivity index (χ3v) is 5.05. The second kappa shape index (κ2) is 8.38. The number of rotatable bonds is 6. The molecule has 24 heavy (non-hydrogen) atoms. The number of anilines is 2. The third-order valence-electron chi connectivity index (χ3n) is 5.05. The highest BCUT2D eigenvalue weighted by Gasteiger charge is 2.31. The number of urea groups is 1. The highest BCUT2D eigenvalue weighted by molar-refractivity contribution is 5.93. The fourth-order valence-electron chi connectivity index (χ4n) is 3.56. The van der Waals surface area contributed by atoms with E-state index in [1.807, 2.05) is 18.2 Å². The molecule has 2 fully saturated rings. The molecule has 0 radical (unpaired) electrons. The standard InChI is InChI=1S/C19H29N3O2/c23-14-11-16(15-9-10-15)20-19(24)21-17-7-3-4-8-18(17)22-12-5-1-2-6-13-22/h3-4,7-8,15-16,23H,1-2,5-6,9-14H2,(H2,20,21,24). The van der Waals surface area contributed by atoms with E-state index in [-0.39, 0.29) is 18.7 Å². The molecule has 1 aliphatic carbocycles. The van der Waals surface area contributed by atoms with Crippen LogP contribution in [0.3, 0.4) is 0 Å². The number of carbonyl (C=O) groups is 1. The summed E-state index contributed by atoms with van der Waals surface area (Å²) in [5.41, 5.74) is 1.98. The number of nitrogens with one attached hydrogen (secondary N) is 2. The van der Waals surface area contributed by atoms with Gasteiger partial charge in [-0.1, -0.05) is 25.0 Å². The molecule has 5 heteroatoms. The smallest absolute Gasteiger partial charge is 0.319 e. The van der Waals surface area contributed by atoms with Crippen molar-refractivity contribution in [3.8, 4) is 0 Å². The van der Waals surface area contributed by atoms with Gasteiger partial charge in [0.25, 0.3) is 0 Å². The maximum atomic E-state index is 12.4. The summed E-state index contributed by atoms with van der Waals surface area (Å²) in [6.07, 6.45) is 7.92. The molecule has 3 rings (SSSR count). The molecule has 1 heterocycles. The van der Waals surface area contributed by atoms with Crippen molar-refractivity contribution in [1.82, 2.24) is 5.32 Å². The Labute approximate surface area is 144 Å². The maximum Gasteiger partial charge on any atom is 0.319 e. The second-order valence-electron chi connectivity index (χ2n) is 6.97. The van der Waals surface area contributed by atoms with Gasteiger partial charge in [-0.2, -0.15) is 0 Å². The first kappa shape index (κ1) is 17.1. The van der Waals surface area contributed by atoms with E-state index in [0.29, 0.717) is 12.3 Å². The van der Waals surface area contributed by atoms with Crippen molar-refractivity contribution in [1.29, 1.82) is 0 Å². The van der Waals surface area contributed by atoms with E-state index in [0.717, 1.165) is 37.3 Å². The lowest BCUT2D eigenvalue weighted by molar-refractivity contribution is 0.234. The molecule has 1 atom stereocenters. The number of benzene rings is 1. The molecule has 0 aromatic heterocycles. The molecular formula is C19H29N3O2. The molecule has 1 saturated heterocycles. The number of carbonyl (C=O) groups excluding carboxylic acids is 1. The molecule has 1 aliphatic heterocycles. The lowest BCUT2D eigenvalue weighted by Crippen LogP contribution is -2.40. The van der Waals surface area contributed by atoms with Crippen LogP contribution in [0.5, 0.6) is 0 Å². The summed E-state index contributed by atoms with van der Waals surface area (Å²) in [6.45, 7) is 2.22.